The molecule has 2 rings (SSSR count). The molecule has 0 spiro atoms. The number of aryl methyl sites for hydroxylation is 2. The summed E-state index contributed by atoms with van der Waals surface area (Å²) in [7, 11) is -2.39. The minimum atomic E-state index is -3.83. The molecule has 0 aliphatic carbocycles. The van der Waals surface area contributed by atoms with E-state index in [1.165, 1.54) is 7.11 Å². The van der Waals surface area contributed by atoms with E-state index in [1.54, 1.807) is 24.3 Å². The molecular formula is C17H24N4O3S. The van der Waals surface area contributed by atoms with Gasteiger partial charge in [0.2, 0.25) is 0 Å². The topological polar surface area (TPSA) is 93.2 Å². The molecule has 7 nitrogen and oxygen atoms in total. The van der Waals surface area contributed by atoms with Crippen LogP contribution in [-0.2, 0) is 10.0 Å². The maximum absolute atomic E-state index is 12.7. The number of sulfonamides is 1. The largest absolute Gasteiger partial charge is 0.495 e. The molecule has 25 heavy (non-hydrogen) atoms. The number of ether oxygens (including phenoxy) is 1. The van der Waals surface area contributed by atoms with Crippen molar-refractivity contribution in [3.05, 3.63) is 35.4 Å². The van der Waals surface area contributed by atoms with Crippen LogP contribution in [0, 0.1) is 19.8 Å². The van der Waals surface area contributed by atoms with Gasteiger partial charge in [-0.05, 0) is 55.2 Å². The van der Waals surface area contributed by atoms with Gasteiger partial charge in [0.1, 0.15) is 16.5 Å². The second-order valence-corrected chi connectivity index (χ2v) is 7.92. The van der Waals surface area contributed by atoms with Gasteiger partial charge in [-0.3, -0.25) is 4.72 Å². The SMILES string of the molecule is COc1cc(C)c(C)cc1S(=O)(=O)Nc1ccc(NCC(C)C)nn1. The summed E-state index contributed by atoms with van der Waals surface area (Å²) in [6.07, 6.45) is 0. The van der Waals surface area contributed by atoms with Gasteiger partial charge in [0.25, 0.3) is 10.0 Å². The Morgan fingerprint density at radius 3 is 2.24 bits per heavy atom. The number of aromatic nitrogens is 2. The fourth-order valence-electron chi connectivity index (χ4n) is 2.12. The summed E-state index contributed by atoms with van der Waals surface area (Å²) < 4.78 is 33.0. The lowest BCUT2D eigenvalue weighted by molar-refractivity contribution is 0.402. The zero-order chi connectivity index (χ0) is 18.6. The van der Waals surface area contributed by atoms with Crippen molar-refractivity contribution in [1.29, 1.82) is 0 Å². The predicted octanol–water partition coefficient (Wildman–Crippen LogP) is 2.97. The Morgan fingerprint density at radius 1 is 1.08 bits per heavy atom. The molecule has 1 aromatic carbocycles. The van der Waals surface area contributed by atoms with Crippen LogP contribution in [0.25, 0.3) is 0 Å². The molecule has 0 radical (unpaired) electrons. The number of benzene rings is 1. The van der Waals surface area contributed by atoms with Gasteiger partial charge in [-0.1, -0.05) is 13.8 Å². The zero-order valence-electron chi connectivity index (χ0n) is 15.1. The highest BCUT2D eigenvalue weighted by molar-refractivity contribution is 7.92. The Kier molecular flexibility index (Phi) is 5.84. The van der Waals surface area contributed by atoms with Crippen LogP contribution in [0.5, 0.6) is 5.75 Å². The summed E-state index contributed by atoms with van der Waals surface area (Å²) in [6, 6.07) is 6.54. The summed E-state index contributed by atoms with van der Waals surface area (Å²) >= 11 is 0. The Labute approximate surface area is 148 Å². The molecule has 8 heteroatoms. The van der Waals surface area contributed by atoms with Crippen molar-refractivity contribution in [2.45, 2.75) is 32.6 Å². The lowest BCUT2D eigenvalue weighted by atomic mass is 10.1. The van der Waals surface area contributed by atoms with Crippen LogP contribution in [0.15, 0.2) is 29.2 Å². The fraction of sp³-hybridized carbons (Fsp3) is 0.412. The van der Waals surface area contributed by atoms with Crippen molar-refractivity contribution in [3.8, 4) is 5.75 Å². The molecule has 0 unspecified atom stereocenters. The normalized spacial score (nSPS) is 11.4. The van der Waals surface area contributed by atoms with Gasteiger partial charge in [-0.2, -0.15) is 0 Å². The van der Waals surface area contributed by atoms with Crippen molar-refractivity contribution < 1.29 is 13.2 Å². The summed E-state index contributed by atoms with van der Waals surface area (Å²) in [4.78, 5) is 0.0712. The molecule has 0 atom stereocenters. The van der Waals surface area contributed by atoms with Crippen molar-refractivity contribution >= 4 is 21.7 Å². The standard InChI is InChI=1S/C17H24N4O3S/c1-11(2)10-18-16-6-7-17(20-19-16)21-25(22,23)15-9-13(4)12(3)8-14(15)24-5/h6-9,11H,10H2,1-5H3,(H,18,19)(H,20,21). The van der Waals surface area contributed by atoms with Crippen molar-refractivity contribution in [2.75, 3.05) is 23.7 Å². The molecule has 2 aromatic rings. The molecule has 1 heterocycles. The Bertz CT molecular complexity index is 834. The Hall–Kier alpha value is -2.35. The first kappa shape index (κ1) is 19.0. The van der Waals surface area contributed by atoms with E-state index in [4.69, 9.17) is 4.74 Å². The van der Waals surface area contributed by atoms with E-state index in [2.05, 4.69) is 34.1 Å². The van der Waals surface area contributed by atoms with Gasteiger partial charge < -0.3 is 10.1 Å². The maximum Gasteiger partial charge on any atom is 0.266 e. The van der Waals surface area contributed by atoms with Crippen LogP contribution in [-0.4, -0.2) is 32.3 Å². The fourth-order valence-corrected chi connectivity index (χ4v) is 3.35. The van der Waals surface area contributed by atoms with Crippen LogP contribution in [0.1, 0.15) is 25.0 Å². The highest BCUT2D eigenvalue weighted by atomic mass is 32.2. The van der Waals surface area contributed by atoms with Crippen LogP contribution < -0.4 is 14.8 Å². The molecule has 1 aromatic heterocycles. The molecule has 2 N–H and O–H groups in total. The van der Waals surface area contributed by atoms with Gasteiger partial charge in [0.05, 0.1) is 7.11 Å². The number of rotatable bonds is 7. The summed E-state index contributed by atoms with van der Waals surface area (Å²) in [6.45, 7) is 8.68. The first-order chi connectivity index (χ1) is 11.7. The number of hydrogen-bond acceptors (Lipinski definition) is 6. The molecule has 0 aliphatic rings. The van der Waals surface area contributed by atoms with Crippen LogP contribution in [0.4, 0.5) is 11.6 Å². The molecule has 0 aliphatic heterocycles. The van der Waals surface area contributed by atoms with Crippen LogP contribution in [0.3, 0.4) is 0 Å². The second-order valence-electron chi connectivity index (χ2n) is 6.27. The van der Waals surface area contributed by atoms with E-state index in [9.17, 15) is 8.42 Å². The van der Waals surface area contributed by atoms with E-state index >= 15 is 0 Å². The first-order valence-electron chi connectivity index (χ1n) is 7.98. The van der Waals surface area contributed by atoms with Crippen LogP contribution in [0.2, 0.25) is 0 Å². The Balaban J connectivity index is 2.23. The van der Waals surface area contributed by atoms with Gasteiger partial charge in [0.15, 0.2) is 5.82 Å². The summed E-state index contributed by atoms with van der Waals surface area (Å²) in [5.74, 6) is 1.51. The van der Waals surface area contributed by atoms with E-state index < -0.39 is 10.0 Å². The summed E-state index contributed by atoms with van der Waals surface area (Å²) in [5.41, 5.74) is 1.82. The lowest BCUT2D eigenvalue weighted by Crippen LogP contribution is -2.16. The number of hydrogen-bond donors (Lipinski definition) is 2. The predicted molar refractivity (Wildman–Crippen MR) is 98.6 cm³/mol. The maximum atomic E-state index is 12.7. The second kappa shape index (κ2) is 7.69. The van der Waals surface area contributed by atoms with E-state index in [1.807, 2.05) is 13.8 Å². The van der Waals surface area contributed by atoms with Gasteiger partial charge >= 0.3 is 0 Å². The number of methoxy groups -OCH3 is 1. The quantitative estimate of drug-likeness (QED) is 0.784. The highest BCUT2D eigenvalue weighted by Gasteiger charge is 2.21. The monoisotopic (exact) mass is 364 g/mol. The first-order valence-corrected chi connectivity index (χ1v) is 9.47. The molecule has 0 bridgehead atoms. The van der Waals surface area contributed by atoms with Gasteiger partial charge in [0, 0.05) is 6.54 Å². The Morgan fingerprint density at radius 2 is 1.68 bits per heavy atom. The third kappa shape index (κ3) is 4.82. The van der Waals surface area contributed by atoms with Crippen molar-refractivity contribution in [2.24, 2.45) is 5.92 Å². The van der Waals surface area contributed by atoms with Crippen molar-refractivity contribution in [3.63, 3.8) is 0 Å². The van der Waals surface area contributed by atoms with E-state index in [0.717, 1.165) is 17.7 Å². The minimum Gasteiger partial charge on any atom is -0.495 e. The molecule has 0 amide bonds. The molecular weight excluding hydrogens is 340 g/mol. The minimum absolute atomic E-state index is 0.0712. The molecule has 0 saturated carbocycles. The van der Waals surface area contributed by atoms with Crippen LogP contribution >= 0.6 is 0 Å². The molecule has 0 saturated heterocycles. The molecule has 136 valence electrons. The molecule has 0 fully saturated rings. The van der Waals surface area contributed by atoms with Gasteiger partial charge in [-0.15, -0.1) is 10.2 Å². The third-order valence-electron chi connectivity index (χ3n) is 3.66. The average molecular weight is 364 g/mol. The zero-order valence-corrected chi connectivity index (χ0v) is 15.9. The number of anilines is 2. The number of nitrogens with one attached hydrogen (secondary N) is 2. The summed E-state index contributed by atoms with van der Waals surface area (Å²) in [5, 5.41) is 11.0. The van der Waals surface area contributed by atoms with Crippen molar-refractivity contribution in [1.82, 2.24) is 10.2 Å². The third-order valence-corrected chi connectivity index (χ3v) is 5.04. The van der Waals surface area contributed by atoms with E-state index in [-0.39, 0.29) is 10.7 Å². The highest BCUT2D eigenvalue weighted by Crippen LogP contribution is 2.28. The lowest BCUT2D eigenvalue weighted by Gasteiger charge is -2.13. The van der Waals surface area contributed by atoms with Gasteiger partial charge in [-0.25, -0.2) is 8.42 Å². The smallest absolute Gasteiger partial charge is 0.266 e. The van der Waals surface area contributed by atoms with E-state index in [0.29, 0.717) is 17.5 Å². The average Bonchev–Trinajstić information content (AvgIpc) is 2.55. The number of nitrogens with zero attached hydrogens (tertiary/aromatic N) is 2.